The maximum Gasteiger partial charge on any atom is 0.121 e. The summed E-state index contributed by atoms with van der Waals surface area (Å²) in [4.78, 5) is 7.87. The van der Waals surface area contributed by atoms with Crippen molar-refractivity contribution >= 4 is 5.71 Å². The molecule has 18 heavy (non-hydrogen) atoms. The van der Waals surface area contributed by atoms with Gasteiger partial charge in [-0.1, -0.05) is 35.5 Å². The summed E-state index contributed by atoms with van der Waals surface area (Å²) in [5, 5.41) is 4.21. The number of oxime groups is 1. The van der Waals surface area contributed by atoms with Gasteiger partial charge in [0.2, 0.25) is 0 Å². The zero-order valence-electron chi connectivity index (χ0n) is 11.3. The predicted molar refractivity (Wildman–Crippen MR) is 74.8 cm³/mol. The van der Waals surface area contributed by atoms with Crippen LogP contribution in [0.15, 0.2) is 35.5 Å². The third-order valence-electron chi connectivity index (χ3n) is 3.43. The molecule has 0 saturated carbocycles. The smallest absolute Gasteiger partial charge is 0.121 e. The summed E-state index contributed by atoms with van der Waals surface area (Å²) in [5.41, 5.74) is 2.07. The molecule has 98 valence electrons. The molecule has 1 heterocycles. The van der Waals surface area contributed by atoms with E-state index >= 15 is 0 Å². The molecule has 0 spiro atoms. The van der Waals surface area contributed by atoms with E-state index in [9.17, 15) is 0 Å². The third-order valence-corrected chi connectivity index (χ3v) is 3.43. The van der Waals surface area contributed by atoms with Crippen molar-refractivity contribution in [3.8, 4) is 0 Å². The van der Waals surface area contributed by atoms with Crippen molar-refractivity contribution in [1.29, 1.82) is 0 Å². The van der Waals surface area contributed by atoms with E-state index in [1.54, 1.807) is 0 Å². The van der Waals surface area contributed by atoms with Gasteiger partial charge in [-0.3, -0.25) is 0 Å². The molecule has 0 N–H and O–H groups in total. The highest BCUT2D eigenvalue weighted by molar-refractivity contribution is 5.98. The summed E-state index contributed by atoms with van der Waals surface area (Å²) in [6, 6.07) is 10.2. The summed E-state index contributed by atoms with van der Waals surface area (Å²) in [6.07, 6.45) is 2.52. The van der Waals surface area contributed by atoms with Crippen LogP contribution in [0.5, 0.6) is 0 Å². The van der Waals surface area contributed by atoms with Crippen LogP contribution in [0.25, 0.3) is 0 Å². The quantitative estimate of drug-likeness (QED) is 0.603. The van der Waals surface area contributed by atoms with Crippen molar-refractivity contribution < 1.29 is 4.84 Å². The standard InChI is InChI=1S/C15H22N2O/c1-13(15-8-4-3-5-9-15)16-18-12-14-7-6-10-17(2)11-14/h3-5,8-9,14H,6-7,10-12H2,1-2H3/b16-13+. The van der Waals surface area contributed by atoms with Gasteiger partial charge in [0.1, 0.15) is 6.61 Å². The number of benzene rings is 1. The Kier molecular flexibility index (Phi) is 4.76. The summed E-state index contributed by atoms with van der Waals surface area (Å²) < 4.78 is 0. The molecule has 1 saturated heterocycles. The highest BCUT2D eigenvalue weighted by Crippen LogP contribution is 2.15. The molecule has 3 heteroatoms. The minimum Gasteiger partial charge on any atom is -0.395 e. The molecular weight excluding hydrogens is 224 g/mol. The summed E-state index contributed by atoms with van der Waals surface area (Å²) in [6.45, 7) is 5.06. The third kappa shape index (κ3) is 3.84. The molecule has 0 aromatic heterocycles. The molecule has 0 bridgehead atoms. The van der Waals surface area contributed by atoms with Crippen LogP contribution < -0.4 is 0 Å². The molecule has 1 aromatic rings. The Bertz CT molecular complexity index is 389. The molecule has 1 aliphatic heterocycles. The second kappa shape index (κ2) is 6.55. The van der Waals surface area contributed by atoms with Gasteiger partial charge in [0, 0.05) is 12.5 Å². The minimum atomic E-state index is 0.621. The van der Waals surface area contributed by atoms with Crippen molar-refractivity contribution in [3.05, 3.63) is 35.9 Å². The lowest BCUT2D eigenvalue weighted by molar-refractivity contribution is 0.0722. The van der Waals surface area contributed by atoms with Gasteiger partial charge < -0.3 is 9.74 Å². The number of likely N-dealkylation sites (tertiary alicyclic amines) is 1. The fourth-order valence-electron chi connectivity index (χ4n) is 2.38. The van der Waals surface area contributed by atoms with Gasteiger partial charge in [0.05, 0.1) is 5.71 Å². The maximum atomic E-state index is 5.50. The van der Waals surface area contributed by atoms with Crippen molar-refractivity contribution in [3.63, 3.8) is 0 Å². The van der Waals surface area contributed by atoms with Crippen molar-refractivity contribution in [2.45, 2.75) is 19.8 Å². The SMILES string of the molecule is C/C(=N\OCC1CCCN(C)C1)c1ccccc1. The average molecular weight is 246 g/mol. The minimum absolute atomic E-state index is 0.621. The fourth-order valence-corrected chi connectivity index (χ4v) is 2.38. The summed E-state index contributed by atoms with van der Waals surface area (Å²) in [7, 11) is 2.17. The Morgan fingerprint density at radius 3 is 2.89 bits per heavy atom. The lowest BCUT2D eigenvalue weighted by Crippen LogP contribution is -2.33. The van der Waals surface area contributed by atoms with E-state index in [1.807, 2.05) is 25.1 Å². The van der Waals surface area contributed by atoms with Crippen LogP contribution in [0, 0.1) is 5.92 Å². The monoisotopic (exact) mass is 246 g/mol. The summed E-state index contributed by atoms with van der Waals surface area (Å²) in [5.74, 6) is 0.621. The van der Waals surface area contributed by atoms with Gasteiger partial charge in [0.25, 0.3) is 0 Å². The van der Waals surface area contributed by atoms with E-state index in [1.165, 1.54) is 19.4 Å². The first-order valence-corrected chi connectivity index (χ1v) is 6.66. The number of hydrogen-bond acceptors (Lipinski definition) is 3. The van der Waals surface area contributed by atoms with Gasteiger partial charge in [0.15, 0.2) is 0 Å². The first-order chi connectivity index (χ1) is 8.75. The molecule has 1 fully saturated rings. The van der Waals surface area contributed by atoms with Gasteiger partial charge in [-0.2, -0.15) is 0 Å². The van der Waals surface area contributed by atoms with Crippen molar-refractivity contribution in [2.24, 2.45) is 11.1 Å². The molecular formula is C15H22N2O. The van der Waals surface area contributed by atoms with E-state index in [-0.39, 0.29) is 0 Å². The molecule has 0 amide bonds. The molecule has 0 aliphatic carbocycles. The lowest BCUT2D eigenvalue weighted by Gasteiger charge is -2.28. The lowest BCUT2D eigenvalue weighted by atomic mass is 10.00. The van der Waals surface area contributed by atoms with Crippen molar-refractivity contribution in [1.82, 2.24) is 4.90 Å². The van der Waals surface area contributed by atoms with Gasteiger partial charge in [-0.05, 0) is 38.9 Å². The van der Waals surface area contributed by atoms with Gasteiger partial charge in [-0.25, -0.2) is 0 Å². The molecule has 1 unspecified atom stereocenters. The zero-order chi connectivity index (χ0) is 12.8. The van der Waals surface area contributed by atoms with Crippen LogP contribution in [0.1, 0.15) is 25.3 Å². The average Bonchev–Trinajstić information content (AvgIpc) is 2.40. The highest BCUT2D eigenvalue weighted by atomic mass is 16.6. The number of piperidine rings is 1. The Morgan fingerprint density at radius 2 is 2.17 bits per heavy atom. The number of nitrogens with zero attached hydrogens (tertiary/aromatic N) is 2. The summed E-state index contributed by atoms with van der Waals surface area (Å²) >= 11 is 0. The second-order valence-electron chi connectivity index (χ2n) is 5.11. The topological polar surface area (TPSA) is 24.8 Å². The molecule has 1 aromatic carbocycles. The Balaban J connectivity index is 1.80. The van der Waals surface area contributed by atoms with E-state index in [4.69, 9.17) is 4.84 Å². The molecule has 1 atom stereocenters. The second-order valence-corrected chi connectivity index (χ2v) is 5.11. The van der Waals surface area contributed by atoms with Crippen LogP contribution >= 0.6 is 0 Å². The Labute approximate surface area is 109 Å². The van der Waals surface area contributed by atoms with E-state index in [0.29, 0.717) is 5.92 Å². The maximum absolute atomic E-state index is 5.50. The van der Waals surface area contributed by atoms with Crippen molar-refractivity contribution in [2.75, 3.05) is 26.7 Å². The first kappa shape index (κ1) is 13.1. The molecule has 1 aliphatic rings. The molecule has 0 radical (unpaired) electrons. The largest absolute Gasteiger partial charge is 0.395 e. The highest BCUT2D eigenvalue weighted by Gasteiger charge is 2.17. The number of rotatable bonds is 4. The predicted octanol–water partition coefficient (Wildman–Crippen LogP) is 2.77. The van der Waals surface area contributed by atoms with E-state index in [2.05, 4.69) is 29.2 Å². The fraction of sp³-hybridized carbons (Fsp3) is 0.533. The van der Waals surface area contributed by atoms with Crippen LogP contribution in [0.2, 0.25) is 0 Å². The Morgan fingerprint density at radius 1 is 1.39 bits per heavy atom. The zero-order valence-corrected chi connectivity index (χ0v) is 11.3. The van der Waals surface area contributed by atoms with Gasteiger partial charge in [-0.15, -0.1) is 0 Å². The van der Waals surface area contributed by atoms with Crippen LogP contribution in [0.4, 0.5) is 0 Å². The number of hydrogen-bond donors (Lipinski definition) is 0. The van der Waals surface area contributed by atoms with Crippen LogP contribution in [-0.4, -0.2) is 37.4 Å². The molecule has 3 nitrogen and oxygen atoms in total. The van der Waals surface area contributed by atoms with Crippen LogP contribution in [-0.2, 0) is 4.84 Å². The Hall–Kier alpha value is -1.35. The first-order valence-electron chi connectivity index (χ1n) is 6.66. The molecule has 2 rings (SSSR count). The van der Waals surface area contributed by atoms with Gasteiger partial charge >= 0.3 is 0 Å². The van der Waals surface area contributed by atoms with Crippen LogP contribution in [0.3, 0.4) is 0 Å². The van der Waals surface area contributed by atoms with E-state index in [0.717, 1.165) is 24.4 Å². The normalized spacial score (nSPS) is 21.9. The van der Waals surface area contributed by atoms with E-state index < -0.39 is 0 Å².